The molecule has 8 heteroatoms. The molecule has 0 spiro atoms. The number of hydrogen-bond donors (Lipinski definition) is 3. The number of rotatable bonds is 8. The molecule has 1 aliphatic carbocycles. The van der Waals surface area contributed by atoms with E-state index in [1.807, 2.05) is 12.1 Å². The van der Waals surface area contributed by atoms with Gasteiger partial charge in [0.1, 0.15) is 11.5 Å². The van der Waals surface area contributed by atoms with Crippen molar-refractivity contribution < 1.29 is 14.5 Å². The predicted octanol–water partition coefficient (Wildman–Crippen LogP) is 2.26. The topological polar surface area (TPSA) is 76.6 Å². The minimum atomic E-state index is -0.469. The number of thiophene rings is 2. The van der Waals surface area contributed by atoms with Crippen LogP contribution < -0.4 is 16.0 Å². The second kappa shape index (κ2) is 8.35. The fourth-order valence-electron chi connectivity index (χ4n) is 3.25. The molecule has 26 heavy (non-hydrogen) atoms. The van der Waals surface area contributed by atoms with E-state index in [1.165, 1.54) is 22.7 Å². The highest BCUT2D eigenvalue weighted by atomic mass is 35.5. The fraction of sp³-hybridized carbons (Fsp3) is 0.333. The minimum absolute atomic E-state index is 0.132. The first kappa shape index (κ1) is 19.1. The lowest BCUT2D eigenvalue weighted by molar-refractivity contribution is -0.899. The normalized spacial score (nSPS) is 14.0. The summed E-state index contributed by atoms with van der Waals surface area (Å²) >= 11 is 8.97. The standard InChI is InChI=1S/C18H20ClN3O2S2/c1-2-8-22(9-11-6-7-14(19)25-11)10-15(23)21-18-16(17(20)24)12-4-3-5-13(12)26-18/h2,6-7H,1,3-5,8-10H2,(H2,20,24)(H,21,23)/p+1. The van der Waals surface area contributed by atoms with Crippen molar-refractivity contribution in [2.24, 2.45) is 5.73 Å². The first-order valence-electron chi connectivity index (χ1n) is 8.40. The van der Waals surface area contributed by atoms with Crippen LogP contribution in [-0.2, 0) is 24.2 Å². The van der Waals surface area contributed by atoms with E-state index < -0.39 is 5.91 Å². The van der Waals surface area contributed by atoms with Crippen LogP contribution in [0.5, 0.6) is 0 Å². The van der Waals surface area contributed by atoms with Crippen molar-refractivity contribution in [3.63, 3.8) is 0 Å². The summed E-state index contributed by atoms with van der Waals surface area (Å²) in [7, 11) is 0. The van der Waals surface area contributed by atoms with E-state index in [4.69, 9.17) is 17.3 Å². The van der Waals surface area contributed by atoms with Crippen LogP contribution >= 0.6 is 34.3 Å². The van der Waals surface area contributed by atoms with Crippen LogP contribution in [0.2, 0.25) is 4.34 Å². The van der Waals surface area contributed by atoms with Crippen LogP contribution in [0.4, 0.5) is 5.00 Å². The Bertz CT molecular complexity index is 844. The van der Waals surface area contributed by atoms with E-state index in [1.54, 1.807) is 6.08 Å². The van der Waals surface area contributed by atoms with Crippen LogP contribution in [0, 0.1) is 0 Å². The zero-order chi connectivity index (χ0) is 18.7. The molecule has 0 radical (unpaired) electrons. The van der Waals surface area contributed by atoms with Crippen molar-refractivity contribution in [3.8, 4) is 0 Å². The van der Waals surface area contributed by atoms with Crippen LogP contribution in [-0.4, -0.2) is 24.9 Å². The van der Waals surface area contributed by atoms with Gasteiger partial charge in [0.2, 0.25) is 0 Å². The molecular weight excluding hydrogens is 390 g/mol. The Morgan fingerprint density at radius 3 is 2.81 bits per heavy atom. The molecule has 0 fully saturated rings. The summed E-state index contributed by atoms with van der Waals surface area (Å²) in [6.45, 7) is 5.41. The van der Waals surface area contributed by atoms with Gasteiger partial charge in [-0.15, -0.1) is 22.7 Å². The number of quaternary nitrogens is 1. The molecule has 5 nitrogen and oxygen atoms in total. The monoisotopic (exact) mass is 410 g/mol. The molecule has 1 aliphatic rings. The Labute approximate surface area is 165 Å². The molecule has 2 aromatic rings. The third kappa shape index (κ3) is 4.35. The summed E-state index contributed by atoms with van der Waals surface area (Å²) < 4.78 is 0.738. The fourth-order valence-corrected chi connectivity index (χ4v) is 5.73. The van der Waals surface area contributed by atoms with Gasteiger partial charge in [-0.25, -0.2) is 0 Å². The highest BCUT2D eigenvalue weighted by Crippen LogP contribution is 2.38. The number of nitrogens with one attached hydrogen (secondary N) is 2. The highest BCUT2D eigenvalue weighted by molar-refractivity contribution is 7.17. The van der Waals surface area contributed by atoms with Crippen molar-refractivity contribution >= 4 is 51.1 Å². The third-order valence-electron chi connectivity index (χ3n) is 4.32. The Morgan fingerprint density at radius 1 is 1.35 bits per heavy atom. The number of aryl methyl sites for hydroxylation is 1. The maximum Gasteiger partial charge on any atom is 0.280 e. The molecule has 0 saturated heterocycles. The van der Waals surface area contributed by atoms with Gasteiger partial charge in [0.05, 0.1) is 21.3 Å². The Kier molecular flexibility index (Phi) is 6.13. The van der Waals surface area contributed by atoms with Crippen molar-refractivity contribution in [1.29, 1.82) is 0 Å². The zero-order valence-electron chi connectivity index (χ0n) is 14.3. The number of hydrogen-bond acceptors (Lipinski definition) is 4. The lowest BCUT2D eigenvalue weighted by Crippen LogP contribution is -3.11. The van der Waals surface area contributed by atoms with Gasteiger partial charge in [-0.1, -0.05) is 18.2 Å². The Morgan fingerprint density at radius 2 is 2.15 bits per heavy atom. The van der Waals surface area contributed by atoms with Crippen LogP contribution in [0.25, 0.3) is 0 Å². The van der Waals surface area contributed by atoms with E-state index >= 15 is 0 Å². The van der Waals surface area contributed by atoms with Crippen LogP contribution in [0.1, 0.15) is 32.1 Å². The van der Waals surface area contributed by atoms with E-state index in [0.29, 0.717) is 23.7 Å². The molecule has 138 valence electrons. The summed E-state index contributed by atoms with van der Waals surface area (Å²) in [5.41, 5.74) is 7.06. The highest BCUT2D eigenvalue weighted by Gasteiger charge is 2.26. The summed E-state index contributed by atoms with van der Waals surface area (Å²) in [5.74, 6) is -0.602. The largest absolute Gasteiger partial charge is 0.365 e. The van der Waals surface area contributed by atoms with Gasteiger partial charge in [-0.2, -0.15) is 0 Å². The van der Waals surface area contributed by atoms with E-state index in [0.717, 1.165) is 43.8 Å². The first-order valence-corrected chi connectivity index (χ1v) is 10.4. The molecule has 1 atom stereocenters. The van der Waals surface area contributed by atoms with Gasteiger partial charge < -0.3 is 16.0 Å². The van der Waals surface area contributed by atoms with Crippen molar-refractivity contribution in [3.05, 3.63) is 50.0 Å². The molecule has 0 aliphatic heterocycles. The number of amides is 2. The number of carbonyl (C=O) groups is 2. The minimum Gasteiger partial charge on any atom is -0.365 e. The van der Waals surface area contributed by atoms with Gasteiger partial charge in [0.15, 0.2) is 6.54 Å². The van der Waals surface area contributed by atoms with Crippen molar-refractivity contribution in [2.75, 3.05) is 18.4 Å². The number of primary amides is 1. The molecule has 2 heterocycles. The molecule has 2 amide bonds. The van der Waals surface area contributed by atoms with Gasteiger partial charge >= 0.3 is 0 Å². The van der Waals surface area contributed by atoms with E-state index in [-0.39, 0.29) is 12.5 Å². The second-order valence-electron chi connectivity index (χ2n) is 6.28. The Balaban J connectivity index is 1.69. The van der Waals surface area contributed by atoms with Gasteiger partial charge in [-0.3, -0.25) is 9.59 Å². The molecule has 0 bridgehead atoms. The van der Waals surface area contributed by atoms with Crippen molar-refractivity contribution in [1.82, 2.24) is 0 Å². The molecule has 0 aromatic carbocycles. The third-order valence-corrected chi connectivity index (χ3v) is 6.76. The molecule has 4 N–H and O–H groups in total. The number of nitrogens with two attached hydrogens (primary N) is 1. The number of halogens is 1. The lowest BCUT2D eigenvalue weighted by atomic mass is 10.1. The SMILES string of the molecule is C=CC[NH+](CC(=O)Nc1sc2c(c1C(N)=O)CCC2)Cc1ccc(Cl)s1. The molecule has 0 saturated carbocycles. The summed E-state index contributed by atoms with van der Waals surface area (Å²) in [5, 5.41) is 3.49. The van der Waals surface area contributed by atoms with Crippen LogP contribution in [0.15, 0.2) is 24.8 Å². The molecule has 3 rings (SSSR count). The van der Waals surface area contributed by atoms with Gasteiger partial charge in [-0.05, 0) is 43.0 Å². The summed E-state index contributed by atoms with van der Waals surface area (Å²) in [6.07, 6.45) is 4.64. The number of fused-ring (bicyclic) bond motifs is 1. The van der Waals surface area contributed by atoms with Gasteiger partial charge in [0.25, 0.3) is 11.8 Å². The average Bonchev–Trinajstić information content (AvgIpc) is 3.23. The smallest absolute Gasteiger partial charge is 0.280 e. The van der Waals surface area contributed by atoms with Crippen LogP contribution in [0.3, 0.4) is 0 Å². The zero-order valence-corrected chi connectivity index (χ0v) is 16.7. The summed E-state index contributed by atoms with van der Waals surface area (Å²) in [6, 6.07) is 3.84. The second-order valence-corrected chi connectivity index (χ2v) is 9.18. The first-order chi connectivity index (χ1) is 12.5. The van der Waals surface area contributed by atoms with E-state index in [9.17, 15) is 9.59 Å². The number of carbonyl (C=O) groups excluding carboxylic acids is 2. The average molecular weight is 411 g/mol. The Hall–Kier alpha value is -1.67. The maximum absolute atomic E-state index is 12.6. The number of anilines is 1. The van der Waals surface area contributed by atoms with Crippen molar-refractivity contribution in [2.45, 2.75) is 25.8 Å². The molecular formula is C18H21ClN3O2S2+. The quantitative estimate of drug-likeness (QED) is 0.584. The molecule has 1 unspecified atom stereocenters. The lowest BCUT2D eigenvalue weighted by Gasteiger charge is -2.16. The predicted molar refractivity (Wildman–Crippen MR) is 107 cm³/mol. The van der Waals surface area contributed by atoms with E-state index in [2.05, 4.69) is 11.9 Å². The van der Waals surface area contributed by atoms with Gasteiger partial charge in [0, 0.05) is 4.88 Å². The summed E-state index contributed by atoms with van der Waals surface area (Å²) in [4.78, 5) is 27.7. The molecule has 2 aromatic heterocycles. The maximum atomic E-state index is 12.6.